The third-order valence-electron chi connectivity index (χ3n) is 3.72. The van der Waals surface area contributed by atoms with E-state index in [9.17, 15) is 0 Å². The van der Waals surface area contributed by atoms with Crippen molar-refractivity contribution in [2.45, 2.75) is 40.5 Å². The Labute approximate surface area is 57.6 Å². The molecule has 0 heterocycles. The van der Waals surface area contributed by atoms with Gasteiger partial charge >= 0.3 is 0 Å². The second-order valence-corrected chi connectivity index (χ2v) is 5.25. The van der Waals surface area contributed by atoms with E-state index in [1.807, 2.05) is 0 Å². The third-order valence-corrected chi connectivity index (χ3v) is 3.72. The molecule has 0 N–H and O–H groups in total. The van der Waals surface area contributed by atoms with E-state index in [0.29, 0.717) is 5.41 Å². The molecule has 2 aliphatic rings. The minimum Gasteiger partial charge on any atom is -0.0596 e. The molecular formula is C9H16. The van der Waals surface area contributed by atoms with Crippen LogP contribution in [0, 0.1) is 16.2 Å². The van der Waals surface area contributed by atoms with Crippen LogP contribution in [0.15, 0.2) is 0 Å². The van der Waals surface area contributed by atoms with E-state index >= 15 is 0 Å². The summed E-state index contributed by atoms with van der Waals surface area (Å²) >= 11 is 0. The standard InChI is InChI=1S/C9H16/c1-7(2,3)9-5-8(9,4)6-9/h5-6H2,1-4H3. The zero-order valence-electron chi connectivity index (χ0n) is 6.91. The molecule has 9 heavy (non-hydrogen) atoms. The van der Waals surface area contributed by atoms with Crippen LogP contribution in [-0.2, 0) is 0 Å². The second kappa shape index (κ2) is 0.980. The predicted octanol–water partition coefficient (Wildman–Crippen LogP) is 2.83. The van der Waals surface area contributed by atoms with Gasteiger partial charge < -0.3 is 0 Å². The molecule has 0 aromatic rings. The van der Waals surface area contributed by atoms with Gasteiger partial charge in [-0.1, -0.05) is 27.7 Å². The van der Waals surface area contributed by atoms with Gasteiger partial charge in [0.05, 0.1) is 0 Å². The Morgan fingerprint density at radius 3 is 1.44 bits per heavy atom. The van der Waals surface area contributed by atoms with Crippen LogP contribution in [0.4, 0.5) is 0 Å². The van der Waals surface area contributed by atoms with Crippen molar-refractivity contribution in [1.82, 2.24) is 0 Å². The average molecular weight is 124 g/mol. The maximum atomic E-state index is 2.43. The molecule has 0 bridgehead atoms. The largest absolute Gasteiger partial charge is 0.0596 e. The van der Waals surface area contributed by atoms with Crippen LogP contribution in [0.2, 0.25) is 0 Å². The summed E-state index contributed by atoms with van der Waals surface area (Å²) in [6.07, 6.45) is 3.01. The van der Waals surface area contributed by atoms with Gasteiger partial charge in [-0.25, -0.2) is 0 Å². The van der Waals surface area contributed by atoms with E-state index in [-0.39, 0.29) is 0 Å². The van der Waals surface area contributed by atoms with Gasteiger partial charge in [0.15, 0.2) is 0 Å². The van der Waals surface area contributed by atoms with Crippen molar-refractivity contribution in [2.24, 2.45) is 16.2 Å². The van der Waals surface area contributed by atoms with E-state index in [2.05, 4.69) is 27.7 Å². The summed E-state index contributed by atoms with van der Waals surface area (Å²) in [7, 11) is 0. The van der Waals surface area contributed by atoms with Gasteiger partial charge in [0, 0.05) is 0 Å². The zero-order valence-corrected chi connectivity index (χ0v) is 6.91. The molecule has 0 aromatic heterocycles. The molecule has 0 nitrogen and oxygen atoms in total. The maximum absolute atomic E-state index is 2.43. The molecule has 0 unspecified atom stereocenters. The molecule has 2 aliphatic carbocycles. The van der Waals surface area contributed by atoms with Gasteiger partial charge in [0.1, 0.15) is 0 Å². The summed E-state index contributed by atoms with van der Waals surface area (Å²) in [5, 5.41) is 0. The Kier molecular flexibility index (Phi) is 0.627. The van der Waals surface area contributed by atoms with Gasteiger partial charge in [-0.3, -0.25) is 0 Å². The summed E-state index contributed by atoms with van der Waals surface area (Å²) < 4.78 is 0. The third kappa shape index (κ3) is 0.426. The van der Waals surface area contributed by atoms with E-state index in [1.54, 1.807) is 0 Å². The predicted molar refractivity (Wildman–Crippen MR) is 39.2 cm³/mol. The smallest absolute Gasteiger partial charge is 0.0184 e. The van der Waals surface area contributed by atoms with Gasteiger partial charge in [0.2, 0.25) is 0 Å². The molecule has 0 aliphatic heterocycles. The molecule has 2 rings (SSSR count). The van der Waals surface area contributed by atoms with Crippen molar-refractivity contribution >= 4 is 0 Å². The lowest BCUT2D eigenvalue weighted by Gasteiger charge is -2.21. The minimum atomic E-state index is 0.585. The molecule has 0 heteroatoms. The van der Waals surface area contributed by atoms with Crippen molar-refractivity contribution in [2.75, 3.05) is 0 Å². The quantitative estimate of drug-likeness (QED) is 0.466. The normalized spacial score (nSPS) is 54.7. The van der Waals surface area contributed by atoms with Crippen LogP contribution >= 0.6 is 0 Å². The van der Waals surface area contributed by atoms with Crippen molar-refractivity contribution < 1.29 is 0 Å². The highest BCUT2D eigenvalue weighted by Gasteiger charge is 2.83. The Hall–Kier alpha value is 0. The first-order chi connectivity index (χ1) is 3.91. The molecule has 2 fully saturated rings. The van der Waals surface area contributed by atoms with Gasteiger partial charge in [0.25, 0.3) is 0 Å². The lowest BCUT2D eigenvalue weighted by atomic mass is 9.83. The van der Waals surface area contributed by atoms with Gasteiger partial charge in [-0.05, 0) is 29.1 Å². The highest BCUT2D eigenvalue weighted by Crippen LogP contribution is 2.91. The Bertz CT molecular complexity index is 153. The van der Waals surface area contributed by atoms with E-state index in [4.69, 9.17) is 0 Å². The lowest BCUT2D eigenvalue weighted by Crippen LogP contribution is -2.13. The molecule has 52 valence electrons. The number of hydrogen-bond donors (Lipinski definition) is 0. The van der Waals surface area contributed by atoms with Crippen LogP contribution in [-0.4, -0.2) is 0 Å². The average Bonchev–Trinajstić information content (AvgIpc) is 2.17. The zero-order chi connectivity index (χ0) is 6.91. The lowest BCUT2D eigenvalue weighted by molar-refractivity contribution is 0.280. The fourth-order valence-electron chi connectivity index (χ4n) is 2.63. The van der Waals surface area contributed by atoms with Crippen LogP contribution in [0.3, 0.4) is 0 Å². The van der Waals surface area contributed by atoms with Gasteiger partial charge in [-0.2, -0.15) is 0 Å². The van der Waals surface area contributed by atoms with Crippen molar-refractivity contribution in [3.8, 4) is 0 Å². The minimum absolute atomic E-state index is 0.585. The second-order valence-electron chi connectivity index (χ2n) is 5.25. The maximum Gasteiger partial charge on any atom is -0.0184 e. The summed E-state index contributed by atoms with van der Waals surface area (Å²) in [6, 6.07) is 0. The fourth-order valence-corrected chi connectivity index (χ4v) is 2.63. The molecule has 0 spiro atoms. The fraction of sp³-hybridized carbons (Fsp3) is 1.00. The van der Waals surface area contributed by atoms with E-state index in [1.165, 1.54) is 12.8 Å². The molecule has 0 atom stereocenters. The number of fused-ring (bicyclic) bond motifs is 1. The summed E-state index contributed by atoms with van der Waals surface area (Å²) in [5.41, 5.74) is 2.17. The summed E-state index contributed by atoms with van der Waals surface area (Å²) in [4.78, 5) is 0. The van der Waals surface area contributed by atoms with Crippen LogP contribution < -0.4 is 0 Å². The molecular weight excluding hydrogens is 108 g/mol. The van der Waals surface area contributed by atoms with Crippen LogP contribution in [0.1, 0.15) is 40.5 Å². The first kappa shape index (κ1) is 5.76. The molecule has 0 radical (unpaired) electrons. The van der Waals surface area contributed by atoms with Crippen LogP contribution in [0.25, 0.3) is 0 Å². The highest BCUT2D eigenvalue weighted by molar-refractivity contribution is 5.32. The topological polar surface area (TPSA) is 0 Å². The van der Waals surface area contributed by atoms with Crippen molar-refractivity contribution in [3.63, 3.8) is 0 Å². The van der Waals surface area contributed by atoms with Crippen LogP contribution in [0.5, 0.6) is 0 Å². The number of hydrogen-bond acceptors (Lipinski definition) is 0. The first-order valence-electron chi connectivity index (χ1n) is 3.91. The van der Waals surface area contributed by atoms with Crippen molar-refractivity contribution in [1.29, 1.82) is 0 Å². The monoisotopic (exact) mass is 124 g/mol. The molecule has 0 saturated heterocycles. The molecule has 0 amide bonds. The molecule has 0 aromatic carbocycles. The Morgan fingerprint density at radius 1 is 1.11 bits per heavy atom. The summed E-state index contributed by atoms with van der Waals surface area (Å²) in [5.74, 6) is 0. The van der Waals surface area contributed by atoms with Crippen molar-refractivity contribution in [3.05, 3.63) is 0 Å². The highest BCUT2D eigenvalue weighted by atomic mass is 14.9. The number of rotatable bonds is 0. The Balaban J connectivity index is 2.20. The molecule has 2 saturated carbocycles. The Morgan fingerprint density at radius 2 is 1.44 bits per heavy atom. The first-order valence-corrected chi connectivity index (χ1v) is 3.91. The summed E-state index contributed by atoms with van der Waals surface area (Å²) in [6.45, 7) is 9.57. The van der Waals surface area contributed by atoms with Gasteiger partial charge in [-0.15, -0.1) is 0 Å². The SMILES string of the molecule is CC(C)(C)C12CC1(C)C2. The van der Waals surface area contributed by atoms with E-state index < -0.39 is 0 Å². The van der Waals surface area contributed by atoms with E-state index in [0.717, 1.165) is 10.8 Å².